The van der Waals surface area contributed by atoms with Crippen molar-refractivity contribution < 1.29 is 9.53 Å². The minimum Gasteiger partial charge on any atom is -0.371 e. The number of ether oxygens (including phenoxy) is 1. The maximum Gasteiger partial charge on any atom is 0.320 e. The topological polar surface area (TPSA) is 85.3 Å². The average molecular weight is 334 g/mol. The molecule has 0 aromatic carbocycles. The molecule has 2 aromatic rings. The highest BCUT2D eigenvalue weighted by Gasteiger charge is 2.28. The predicted octanol–water partition coefficient (Wildman–Crippen LogP) is 1.67. The van der Waals surface area contributed by atoms with Crippen LogP contribution in [-0.2, 0) is 18.2 Å². The molecule has 0 aliphatic carbocycles. The van der Waals surface area contributed by atoms with Gasteiger partial charge in [-0.1, -0.05) is 0 Å². The van der Waals surface area contributed by atoms with Crippen molar-refractivity contribution >= 4 is 23.2 Å². The first kappa shape index (κ1) is 15.7. The Morgan fingerprint density at radius 1 is 1.57 bits per heavy atom. The molecule has 0 spiro atoms. The van der Waals surface area contributed by atoms with Crippen molar-refractivity contribution in [3.63, 3.8) is 0 Å². The summed E-state index contributed by atoms with van der Waals surface area (Å²) in [5, 5.41) is 7.35. The maximum atomic E-state index is 12.1. The summed E-state index contributed by atoms with van der Waals surface area (Å²) in [5.74, 6) is 0.000449. The Morgan fingerprint density at radius 3 is 3.22 bits per heavy atom. The molecule has 1 aliphatic heterocycles. The molecule has 3 heterocycles. The van der Waals surface area contributed by atoms with Gasteiger partial charge >= 0.3 is 6.03 Å². The van der Waals surface area contributed by atoms with E-state index in [1.165, 1.54) is 21.8 Å². The number of thiophene rings is 1. The van der Waals surface area contributed by atoms with E-state index in [-0.39, 0.29) is 23.5 Å². The van der Waals surface area contributed by atoms with Crippen molar-refractivity contribution in [2.45, 2.75) is 25.5 Å². The number of hydrogen-bond donors (Lipinski definition) is 2. The summed E-state index contributed by atoms with van der Waals surface area (Å²) in [5.41, 5.74) is 0.771. The van der Waals surface area contributed by atoms with Crippen LogP contribution in [-0.4, -0.2) is 28.2 Å². The van der Waals surface area contributed by atoms with E-state index < -0.39 is 6.03 Å². The third-order valence-electron chi connectivity index (χ3n) is 3.77. The number of hydrogen-bond acceptors (Lipinski definition) is 5. The van der Waals surface area contributed by atoms with Crippen molar-refractivity contribution in [3.05, 3.63) is 44.6 Å². The van der Waals surface area contributed by atoms with Gasteiger partial charge in [0.2, 0.25) is 5.82 Å². The fourth-order valence-corrected chi connectivity index (χ4v) is 3.50. The van der Waals surface area contributed by atoms with Crippen LogP contribution in [0.1, 0.15) is 23.5 Å². The van der Waals surface area contributed by atoms with Gasteiger partial charge in [-0.15, -0.1) is 11.3 Å². The zero-order valence-electron chi connectivity index (χ0n) is 12.9. The van der Waals surface area contributed by atoms with Crippen LogP contribution < -0.4 is 16.2 Å². The molecule has 0 saturated heterocycles. The number of carbonyl (C=O) groups is 1. The van der Waals surface area contributed by atoms with Gasteiger partial charge in [0.15, 0.2) is 0 Å². The van der Waals surface area contributed by atoms with Gasteiger partial charge in [0, 0.05) is 30.7 Å². The van der Waals surface area contributed by atoms with E-state index in [4.69, 9.17) is 4.74 Å². The number of anilines is 1. The fourth-order valence-electron chi connectivity index (χ4n) is 2.60. The van der Waals surface area contributed by atoms with Crippen LogP contribution in [0.5, 0.6) is 0 Å². The zero-order valence-corrected chi connectivity index (χ0v) is 13.7. The molecule has 2 aromatic heterocycles. The third kappa shape index (κ3) is 3.27. The highest BCUT2D eigenvalue weighted by molar-refractivity contribution is 7.10. The molecule has 0 radical (unpaired) electrons. The van der Waals surface area contributed by atoms with Crippen LogP contribution >= 0.6 is 11.3 Å². The Labute approximate surface area is 137 Å². The fraction of sp³-hybridized carbons (Fsp3) is 0.400. The number of nitrogens with one attached hydrogen (secondary N) is 2. The van der Waals surface area contributed by atoms with Gasteiger partial charge < -0.3 is 14.6 Å². The molecule has 122 valence electrons. The number of carbonyl (C=O) groups excluding carboxylic acids is 1. The van der Waals surface area contributed by atoms with Gasteiger partial charge in [-0.2, -0.15) is 0 Å². The van der Waals surface area contributed by atoms with Crippen molar-refractivity contribution in [2.24, 2.45) is 7.05 Å². The third-order valence-corrected chi connectivity index (χ3v) is 4.77. The number of aromatic nitrogens is 2. The normalized spacial score (nSPS) is 18.1. The smallest absolute Gasteiger partial charge is 0.320 e. The quantitative estimate of drug-likeness (QED) is 0.894. The van der Waals surface area contributed by atoms with E-state index in [1.807, 2.05) is 18.4 Å². The SMILES string of the molecule is C[C@H](NC(=O)Nc1nccn(C)c1=O)[C@@H]1OCCc2sccc21. The second-order valence-corrected chi connectivity index (χ2v) is 6.42. The minimum absolute atomic E-state index is 0.000449. The lowest BCUT2D eigenvalue weighted by atomic mass is 10.0. The molecule has 0 saturated carbocycles. The maximum absolute atomic E-state index is 12.1. The second-order valence-electron chi connectivity index (χ2n) is 5.42. The average Bonchev–Trinajstić information content (AvgIpc) is 3.00. The largest absolute Gasteiger partial charge is 0.371 e. The lowest BCUT2D eigenvalue weighted by molar-refractivity contribution is 0.0238. The van der Waals surface area contributed by atoms with E-state index in [2.05, 4.69) is 15.6 Å². The summed E-state index contributed by atoms with van der Waals surface area (Å²) < 4.78 is 7.16. The first-order valence-corrected chi connectivity index (χ1v) is 8.21. The summed E-state index contributed by atoms with van der Waals surface area (Å²) in [4.78, 5) is 29.2. The summed E-state index contributed by atoms with van der Waals surface area (Å²) in [6.07, 6.45) is 3.72. The first-order valence-electron chi connectivity index (χ1n) is 7.33. The molecule has 7 nitrogen and oxygen atoms in total. The molecule has 2 N–H and O–H groups in total. The molecular formula is C15H18N4O3S. The number of fused-ring (bicyclic) bond motifs is 1. The Morgan fingerprint density at radius 2 is 2.39 bits per heavy atom. The zero-order chi connectivity index (χ0) is 16.4. The Balaban J connectivity index is 1.67. The van der Waals surface area contributed by atoms with Crippen LogP contribution in [0.25, 0.3) is 0 Å². The molecule has 2 atom stereocenters. The highest BCUT2D eigenvalue weighted by atomic mass is 32.1. The first-order chi connectivity index (χ1) is 11.1. The predicted molar refractivity (Wildman–Crippen MR) is 87.8 cm³/mol. The van der Waals surface area contributed by atoms with Gasteiger partial charge in [0.25, 0.3) is 5.56 Å². The van der Waals surface area contributed by atoms with Crippen molar-refractivity contribution in [2.75, 3.05) is 11.9 Å². The summed E-state index contributed by atoms with van der Waals surface area (Å²) in [6.45, 7) is 2.53. The van der Waals surface area contributed by atoms with E-state index in [1.54, 1.807) is 18.4 Å². The number of rotatable bonds is 3. The van der Waals surface area contributed by atoms with Crippen LogP contribution in [0.3, 0.4) is 0 Å². The summed E-state index contributed by atoms with van der Waals surface area (Å²) in [7, 11) is 1.60. The summed E-state index contributed by atoms with van der Waals surface area (Å²) in [6, 6.07) is 1.34. The summed E-state index contributed by atoms with van der Waals surface area (Å²) >= 11 is 1.71. The van der Waals surface area contributed by atoms with E-state index in [9.17, 15) is 9.59 Å². The molecule has 2 amide bonds. The minimum atomic E-state index is -0.473. The number of urea groups is 1. The molecule has 0 bridgehead atoms. The molecule has 8 heteroatoms. The van der Waals surface area contributed by atoms with Crippen LogP contribution in [0, 0.1) is 0 Å². The monoisotopic (exact) mass is 334 g/mol. The Kier molecular flexibility index (Phi) is 4.44. The second kappa shape index (κ2) is 6.51. The Bertz CT molecular complexity index is 770. The van der Waals surface area contributed by atoms with Crippen molar-refractivity contribution in [1.82, 2.24) is 14.9 Å². The number of nitrogens with zero attached hydrogens (tertiary/aromatic N) is 2. The molecular weight excluding hydrogens is 316 g/mol. The van der Waals surface area contributed by atoms with Crippen molar-refractivity contribution in [3.8, 4) is 0 Å². The van der Waals surface area contributed by atoms with Crippen LogP contribution in [0.15, 0.2) is 28.6 Å². The van der Waals surface area contributed by atoms with Gasteiger partial charge in [-0.3, -0.25) is 10.1 Å². The molecule has 3 rings (SSSR count). The molecule has 23 heavy (non-hydrogen) atoms. The lowest BCUT2D eigenvalue weighted by Gasteiger charge is -2.29. The number of aryl methyl sites for hydroxylation is 1. The van der Waals surface area contributed by atoms with E-state index >= 15 is 0 Å². The van der Waals surface area contributed by atoms with Crippen molar-refractivity contribution in [1.29, 1.82) is 0 Å². The molecule has 0 fully saturated rings. The van der Waals surface area contributed by atoms with E-state index in [0.29, 0.717) is 6.61 Å². The van der Waals surface area contributed by atoms with Gasteiger partial charge in [0.1, 0.15) is 6.10 Å². The molecule has 0 unspecified atom stereocenters. The highest BCUT2D eigenvalue weighted by Crippen LogP contribution is 2.33. The van der Waals surface area contributed by atoms with E-state index in [0.717, 1.165) is 12.0 Å². The van der Waals surface area contributed by atoms with Gasteiger partial charge in [-0.05, 0) is 23.9 Å². The molecule has 1 aliphatic rings. The van der Waals surface area contributed by atoms with Crippen LogP contribution in [0.4, 0.5) is 10.6 Å². The van der Waals surface area contributed by atoms with Gasteiger partial charge in [0.05, 0.1) is 12.6 Å². The lowest BCUT2D eigenvalue weighted by Crippen LogP contribution is -2.42. The van der Waals surface area contributed by atoms with Crippen LogP contribution in [0.2, 0.25) is 0 Å². The standard InChI is InChI=1S/C15H18N4O3S/c1-9(12-10-4-8-23-11(10)3-7-22-12)17-15(21)18-13-14(20)19(2)6-5-16-13/h4-6,8-9,12H,3,7H2,1-2H3,(H2,16,17,18,21)/t9-,12-/m0/s1. The van der Waals surface area contributed by atoms with Gasteiger partial charge in [-0.25, -0.2) is 9.78 Å². The number of amides is 2. The Hall–Kier alpha value is -2.19.